The Morgan fingerprint density at radius 2 is 2.06 bits per heavy atom. The Morgan fingerprint density at radius 1 is 1.39 bits per heavy atom. The molecule has 1 aliphatic heterocycles. The van der Waals surface area contributed by atoms with Gasteiger partial charge in [-0.05, 0) is 26.7 Å². The summed E-state index contributed by atoms with van der Waals surface area (Å²) >= 11 is 0. The van der Waals surface area contributed by atoms with Crippen LogP contribution in [0.5, 0.6) is 0 Å². The number of piperidine rings is 1. The molecule has 2 atom stereocenters. The van der Waals surface area contributed by atoms with Gasteiger partial charge in [-0.1, -0.05) is 11.6 Å². The summed E-state index contributed by atoms with van der Waals surface area (Å²) < 4.78 is 1.61. The highest BCUT2D eigenvalue weighted by Crippen LogP contribution is 2.21. The molecule has 1 aromatic heterocycles. The highest BCUT2D eigenvalue weighted by atomic mass is 16.4. The van der Waals surface area contributed by atoms with Crippen LogP contribution in [0.25, 0.3) is 0 Å². The summed E-state index contributed by atoms with van der Waals surface area (Å²) in [6.07, 6.45) is 5.26. The molecule has 0 amide bonds. The Labute approximate surface area is 107 Å². The largest absolute Gasteiger partial charge is 0.476 e. The maximum absolute atomic E-state index is 10.7. The Hall–Kier alpha value is -1.43. The summed E-state index contributed by atoms with van der Waals surface area (Å²) in [6, 6.07) is 1.19. The fourth-order valence-corrected chi connectivity index (χ4v) is 2.64. The van der Waals surface area contributed by atoms with Gasteiger partial charge in [0.05, 0.1) is 12.7 Å². The lowest BCUT2D eigenvalue weighted by Crippen LogP contribution is -2.45. The second-order valence-electron chi connectivity index (χ2n) is 5.04. The molecule has 1 fully saturated rings. The molecular weight excluding hydrogens is 232 g/mol. The van der Waals surface area contributed by atoms with E-state index in [1.807, 2.05) is 0 Å². The summed E-state index contributed by atoms with van der Waals surface area (Å²) in [5.74, 6) is -1.03. The smallest absolute Gasteiger partial charge is 0.358 e. The third-order valence-electron chi connectivity index (χ3n) is 3.72. The Morgan fingerprint density at radius 3 is 2.61 bits per heavy atom. The van der Waals surface area contributed by atoms with Crippen molar-refractivity contribution in [1.82, 2.24) is 19.9 Å². The molecule has 2 rings (SSSR count). The van der Waals surface area contributed by atoms with Gasteiger partial charge in [0.25, 0.3) is 0 Å². The third-order valence-corrected chi connectivity index (χ3v) is 3.72. The molecule has 0 unspecified atom stereocenters. The zero-order chi connectivity index (χ0) is 13.1. The number of carboxylic acid groups (broad SMARTS) is 1. The van der Waals surface area contributed by atoms with E-state index in [9.17, 15) is 4.79 Å². The summed E-state index contributed by atoms with van der Waals surface area (Å²) in [7, 11) is 0. The molecule has 2 heterocycles. The van der Waals surface area contributed by atoms with Crippen LogP contribution in [0.1, 0.15) is 43.6 Å². The minimum Gasteiger partial charge on any atom is -0.476 e. The number of carboxylic acids is 1. The van der Waals surface area contributed by atoms with Crippen molar-refractivity contribution in [3.05, 3.63) is 11.9 Å². The predicted octanol–water partition coefficient (Wildman–Crippen LogP) is 1.24. The quantitative estimate of drug-likeness (QED) is 0.873. The van der Waals surface area contributed by atoms with Crippen LogP contribution in [0.3, 0.4) is 0 Å². The molecule has 6 nitrogen and oxygen atoms in total. The van der Waals surface area contributed by atoms with Crippen molar-refractivity contribution in [1.29, 1.82) is 0 Å². The number of aromatic nitrogens is 3. The van der Waals surface area contributed by atoms with Crippen LogP contribution in [0.15, 0.2) is 6.20 Å². The zero-order valence-corrected chi connectivity index (χ0v) is 10.9. The molecule has 100 valence electrons. The molecule has 1 N–H and O–H groups in total. The van der Waals surface area contributed by atoms with E-state index >= 15 is 0 Å². The van der Waals surface area contributed by atoms with Crippen LogP contribution in [0.4, 0.5) is 0 Å². The molecule has 1 saturated heterocycles. The van der Waals surface area contributed by atoms with Crippen LogP contribution in [0.2, 0.25) is 0 Å². The van der Waals surface area contributed by atoms with Crippen molar-refractivity contribution >= 4 is 5.97 Å². The molecule has 6 heteroatoms. The van der Waals surface area contributed by atoms with E-state index in [0.717, 1.165) is 6.54 Å². The van der Waals surface area contributed by atoms with Crippen LogP contribution < -0.4 is 0 Å². The van der Waals surface area contributed by atoms with E-state index in [1.165, 1.54) is 25.5 Å². The Bertz CT molecular complexity index is 408. The molecule has 1 aromatic rings. The van der Waals surface area contributed by atoms with Crippen molar-refractivity contribution < 1.29 is 9.90 Å². The lowest BCUT2D eigenvalue weighted by atomic mass is 9.98. The predicted molar refractivity (Wildman–Crippen MR) is 66.5 cm³/mol. The molecule has 1 aliphatic rings. The van der Waals surface area contributed by atoms with Crippen LogP contribution in [0, 0.1) is 0 Å². The number of rotatable bonds is 4. The number of nitrogens with zero attached hydrogens (tertiary/aromatic N) is 4. The average Bonchev–Trinajstić information content (AvgIpc) is 2.77. The molecule has 0 aromatic carbocycles. The summed E-state index contributed by atoms with van der Waals surface area (Å²) in [6.45, 7) is 6.08. The standard InChI is InChI=1S/C12H20N4O2/c1-9-4-3-5-10(2)16(9)7-6-15-8-11(12(17)18)13-14-15/h8-10H,3-7H2,1-2H3,(H,17,18)/t9-,10+. The Kier molecular flexibility index (Phi) is 3.96. The van der Waals surface area contributed by atoms with Crippen molar-refractivity contribution in [3.8, 4) is 0 Å². The van der Waals surface area contributed by atoms with Gasteiger partial charge in [0, 0.05) is 18.6 Å². The van der Waals surface area contributed by atoms with E-state index in [-0.39, 0.29) is 5.69 Å². The molecule has 18 heavy (non-hydrogen) atoms. The first-order chi connectivity index (χ1) is 8.58. The SMILES string of the molecule is C[C@@H]1CCC[C@H](C)N1CCn1cc(C(=O)O)nn1. The number of likely N-dealkylation sites (tertiary alicyclic amines) is 1. The zero-order valence-electron chi connectivity index (χ0n) is 10.9. The van der Waals surface area contributed by atoms with Gasteiger partial charge in [-0.25, -0.2) is 4.79 Å². The number of carbonyl (C=O) groups is 1. The van der Waals surface area contributed by atoms with Crippen molar-refractivity contribution in [3.63, 3.8) is 0 Å². The molecule has 0 aliphatic carbocycles. The van der Waals surface area contributed by atoms with Crippen LogP contribution >= 0.6 is 0 Å². The van der Waals surface area contributed by atoms with E-state index in [0.29, 0.717) is 18.6 Å². The third kappa shape index (κ3) is 2.87. The number of hydrogen-bond acceptors (Lipinski definition) is 4. The lowest BCUT2D eigenvalue weighted by molar-refractivity contribution is 0.0690. The van der Waals surface area contributed by atoms with E-state index in [1.54, 1.807) is 4.68 Å². The van der Waals surface area contributed by atoms with Crippen LogP contribution in [-0.4, -0.2) is 49.6 Å². The van der Waals surface area contributed by atoms with Crippen LogP contribution in [-0.2, 0) is 6.54 Å². The molecule has 0 saturated carbocycles. The highest BCUT2D eigenvalue weighted by Gasteiger charge is 2.24. The van der Waals surface area contributed by atoms with Gasteiger partial charge in [-0.3, -0.25) is 9.58 Å². The second kappa shape index (κ2) is 5.48. The summed E-state index contributed by atoms with van der Waals surface area (Å²) in [5.41, 5.74) is 0.00902. The van der Waals surface area contributed by atoms with Gasteiger partial charge in [-0.15, -0.1) is 5.10 Å². The maximum atomic E-state index is 10.7. The van der Waals surface area contributed by atoms with Gasteiger partial charge >= 0.3 is 5.97 Å². The Balaban J connectivity index is 1.91. The molecule has 0 radical (unpaired) electrons. The van der Waals surface area contributed by atoms with Crippen molar-refractivity contribution in [2.24, 2.45) is 0 Å². The summed E-state index contributed by atoms with van der Waals surface area (Å²) in [4.78, 5) is 13.2. The first kappa shape index (κ1) is 13.0. The first-order valence-corrected chi connectivity index (χ1v) is 6.47. The topological polar surface area (TPSA) is 71.2 Å². The minimum absolute atomic E-state index is 0.00902. The highest BCUT2D eigenvalue weighted by molar-refractivity contribution is 5.84. The summed E-state index contributed by atoms with van der Waals surface area (Å²) in [5, 5.41) is 16.2. The van der Waals surface area contributed by atoms with E-state index in [4.69, 9.17) is 5.11 Å². The van der Waals surface area contributed by atoms with Gasteiger partial charge < -0.3 is 5.11 Å². The lowest BCUT2D eigenvalue weighted by Gasteiger charge is -2.38. The normalized spacial score (nSPS) is 25.2. The monoisotopic (exact) mass is 252 g/mol. The van der Waals surface area contributed by atoms with Crippen molar-refractivity contribution in [2.45, 2.75) is 51.7 Å². The maximum Gasteiger partial charge on any atom is 0.358 e. The van der Waals surface area contributed by atoms with Gasteiger partial charge in [0.2, 0.25) is 0 Å². The fraction of sp³-hybridized carbons (Fsp3) is 0.750. The van der Waals surface area contributed by atoms with E-state index in [2.05, 4.69) is 29.1 Å². The second-order valence-corrected chi connectivity index (χ2v) is 5.04. The number of aromatic carboxylic acids is 1. The van der Waals surface area contributed by atoms with Gasteiger partial charge in [0.15, 0.2) is 5.69 Å². The van der Waals surface area contributed by atoms with Gasteiger partial charge in [-0.2, -0.15) is 0 Å². The van der Waals surface area contributed by atoms with Gasteiger partial charge in [0.1, 0.15) is 0 Å². The fourth-order valence-electron chi connectivity index (χ4n) is 2.64. The number of hydrogen-bond donors (Lipinski definition) is 1. The van der Waals surface area contributed by atoms with E-state index < -0.39 is 5.97 Å². The molecule has 0 bridgehead atoms. The molecular formula is C12H20N4O2. The minimum atomic E-state index is -1.03. The van der Waals surface area contributed by atoms with Crippen molar-refractivity contribution in [2.75, 3.05) is 6.54 Å². The average molecular weight is 252 g/mol. The molecule has 0 spiro atoms. The first-order valence-electron chi connectivity index (χ1n) is 6.47.